The molecular formula is C11H19NO4S. The Morgan fingerprint density at radius 3 is 2.35 bits per heavy atom. The van der Waals surface area contributed by atoms with Crippen LogP contribution in [-0.2, 0) is 19.4 Å². The average molecular weight is 261 g/mol. The van der Waals surface area contributed by atoms with Crippen molar-refractivity contribution in [1.82, 2.24) is 4.90 Å². The molecule has 0 aromatic carbocycles. The SMILES string of the molecule is COCC1(C(=O)N2CC(S(C)(=O)=O)C2)CCC1. The van der Waals surface area contributed by atoms with Gasteiger partial charge in [-0.05, 0) is 12.8 Å². The van der Waals surface area contributed by atoms with Crippen molar-refractivity contribution in [2.45, 2.75) is 24.5 Å². The Morgan fingerprint density at radius 2 is 2.00 bits per heavy atom. The number of ether oxygens (including phenoxy) is 1. The second-order valence-electron chi connectivity index (χ2n) is 5.23. The summed E-state index contributed by atoms with van der Waals surface area (Å²) in [5, 5.41) is -0.369. The molecule has 1 heterocycles. The van der Waals surface area contributed by atoms with Crippen molar-refractivity contribution in [3.8, 4) is 0 Å². The Bertz CT molecular complexity index is 407. The third-order valence-corrected chi connectivity index (χ3v) is 5.43. The highest BCUT2D eigenvalue weighted by atomic mass is 32.2. The first kappa shape index (κ1) is 12.8. The highest BCUT2D eigenvalue weighted by Crippen LogP contribution is 2.43. The zero-order valence-electron chi connectivity index (χ0n) is 10.3. The highest BCUT2D eigenvalue weighted by molar-refractivity contribution is 7.91. The number of likely N-dealkylation sites (tertiary alicyclic amines) is 1. The quantitative estimate of drug-likeness (QED) is 0.718. The molecule has 17 heavy (non-hydrogen) atoms. The average Bonchev–Trinajstić information content (AvgIpc) is 2.05. The van der Waals surface area contributed by atoms with E-state index >= 15 is 0 Å². The van der Waals surface area contributed by atoms with Gasteiger partial charge in [-0.3, -0.25) is 4.79 Å². The summed E-state index contributed by atoms with van der Waals surface area (Å²) in [6, 6.07) is 0. The molecule has 0 bridgehead atoms. The molecule has 5 nitrogen and oxygen atoms in total. The Hall–Kier alpha value is -0.620. The fourth-order valence-corrected chi connectivity index (χ4v) is 3.41. The first-order valence-corrected chi connectivity index (χ1v) is 7.82. The molecule has 2 aliphatic rings. The van der Waals surface area contributed by atoms with Crippen LogP contribution < -0.4 is 0 Å². The smallest absolute Gasteiger partial charge is 0.231 e. The lowest BCUT2D eigenvalue weighted by Gasteiger charge is -2.47. The number of hydrogen-bond acceptors (Lipinski definition) is 4. The molecule has 2 rings (SSSR count). The van der Waals surface area contributed by atoms with Gasteiger partial charge < -0.3 is 9.64 Å². The van der Waals surface area contributed by atoms with E-state index in [4.69, 9.17) is 4.74 Å². The normalized spacial score (nSPS) is 24.0. The zero-order valence-corrected chi connectivity index (χ0v) is 11.1. The zero-order chi connectivity index (χ0) is 12.7. The molecule has 0 aromatic heterocycles. The molecule has 0 unspecified atom stereocenters. The Morgan fingerprint density at radius 1 is 1.41 bits per heavy atom. The number of nitrogens with zero attached hydrogens (tertiary/aromatic N) is 1. The topological polar surface area (TPSA) is 63.7 Å². The summed E-state index contributed by atoms with van der Waals surface area (Å²) < 4.78 is 27.7. The van der Waals surface area contributed by atoms with Crippen LogP contribution in [0, 0.1) is 5.41 Å². The van der Waals surface area contributed by atoms with E-state index in [2.05, 4.69) is 0 Å². The summed E-state index contributed by atoms with van der Waals surface area (Å²) in [7, 11) is -1.40. The molecule has 1 amide bonds. The second kappa shape index (κ2) is 4.24. The molecule has 0 N–H and O–H groups in total. The van der Waals surface area contributed by atoms with Gasteiger partial charge in [-0.1, -0.05) is 6.42 Å². The van der Waals surface area contributed by atoms with E-state index in [9.17, 15) is 13.2 Å². The predicted molar refractivity (Wildman–Crippen MR) is 63.4 cm³/mol. The van der Waals surface area contributed by atoms with Crippen LogP contribution >= 0.6 is 0 Å². The minimum Gasteiger partial charge on any atom is -0.384 e. The van der Waals surface area contributed by atoms with Gasteiger partial charge in [0.1, 0.15) is 0 Å². The Balaban J connectivity index is 1.95. The van der Waals surface area contributed by atoms with Gasteiger partial charge in [-0.15, -0.1) is 0 Å². The van der Waals surface area contributed by atoms with Crippen LogP contribution in [0.3, 0.4) is 0 Å². The van der Waals surface area contributed by atoms with Gasteiger partial charge in [-0.2, -0.15) is 0 Å². The van der Waals surface area contributed by atoms with E-state index in [1.54, 1.807) is 12.0 Å². The minimum absolute atomic E-state index is 0.0745. The van der Waals surface area contributed by atoms with Crippen LogP contribution in [0.4, 0.5) is 0 Å². The summed E-state index contributed by atoms with van der Waals surface area (Å²) in [5.41, 5.74) is -0.364. The summed E-state index contributed by atoms with van der Waals surface area (Å²) in [5.74, 6) is 0.0745. The number of rotatable bonds is 4. The fourth-order valence-electron chi connectivity index (χ4n) is 2.51. The number of sulfone groups is 1. The maximum Gasteiger partial charge on any atom is 0.231 e. The molecule has 0 radical (unpaired) electrons. The van der Waals surface area contributed by atoms with E-state index in [0.717, 1.165) is 19.3 Å². The van der Waals surface area contributed by atoms with Crippen molar-refractivity contribution in [2.75, 3.05) is 33.1 Å². The van der Waals surface area contributed by atoms with Crippen LogP contribution in [-0.4, -0.2) is 57.5 Å². The number of amides is 1. The van der Waals surface area contributed by atoms with Crippen molar-refractivity contribution < 1.29 is 17.9 Å². The first-order valence-electron chi connectivity index (χ1n) is 5.86. The van der Waals surface area contributed by atoms with Crippen molar-refractivity contribution in [2.24, 2.45) is 5.41 Å². The van der Waals surface area contributed by atoms with Crippen molar-refractivity contribution >= 4 is 15.7 Å². The molecule has 1 aliphatic heterocycles. The summed E-state index contributed by atoms with van der Waals surface area (Å²) in [4.78, 5) is 13.9. The highest BCUT2D eigenvalue weighted by Gasteiger charge is 2.50. The molecule has 0 aromatic rings. The maximum atomic E-state index is 12.2. The minimum atomic E-state index is -3.00. The van der Waals surface area contributed by atoms with Gasteiger partial charge in [0.05, 0.1) is 17.3 Å². The summed E-state index contributed by atoms with van der Waals surface area (Å²) in [6.45, 7) is 1.15. The lowest BCUT2D eigenvalue weighted by Crippen LogP contribution is -2.62. The Kier molecular flexibility index (Phi) is 3.20. The largest absolute Gasteiger partial charge is 0.384 e. The van der Waals surface area contributed by atoms with Crippen molar-refractivity contribution in [1.29, 1.82) is 0 Å². The summed E-state index contributed by atoms with van der Waals surface area (Å²) in [6.07, 6.45) is 4.01. The number of carbonyl (C=O) groups excluding carboxylic acids is 1. The van der Waals surface area contributed by atoms with Gasteiger partial charge in [0.15, 0.2) is 9.84 Å². The van der Waals surface area contributed by atoms with Crippen LogP contribution in [0.25, 0.3) is 0 Å². The number of methoxy groups -OCH3 is 1. The Labute approximate surface area is 102 Å². The molecule has 1 aliphatic carbocycles. The molecule has 98 valence electrons. The number of hydrogen-bond donors (Lipinski definition) is 0. The van der Waals surface area contributed by atoms with Crippen LogP contribution in [0.5, 0.6) is 0 Å². The van der Waals surface area contributed by atoms with Gasteiger partial charge in [-0.25, -0.2) is 8.42 Å². The molecule has 0 spiro atoms. The van der Waals surface area contributed by atoms with E-state index < -0.39 is 9.84 Å². The second-order valence-corrected chi connectivity index (χ2v) is 7.55. The van der Waals surface area contributed by atoms with Gasteiger partial charge >= 0.3 is 0 Å². The van der Waals surface area contributed by atoms with E-state index in [-0.39, 0.29) is 16.6 Å². The van der Waals surface area contributed by atoms with E-state index in [1.165, 1.54) is 6.26 Å². The lowest BCUT2D eigenvalue weighted by atomic mass is 9.68. The van der Waals surface area contributed by atoms with Crippen LogP contribution in [0.1, 0.15) is 19.3 Å². The predicted octanol–water partition coefficient (Wildman–Crippen LogP) is 0.0585. The van der Waals surface area contributed by atoms with Gasteiger partial charge in [0.2, 0.25) is 5.91 Å². The summed E-state index contributed by atoms with van der Waals surface area (Å²) >= 11 is 0. The van der Waals surface area contributed by atoms with Crippen LogP contribution in [0.15, 0.2) is 0 Å². The fraction of sp³-hybridized carbons (Fsp3) is 0.909. The molecule has 6 heteroatoms. The lowest BCUT2D eigenvalue weighted by molar-refractivity contribution is -0.155. The molecule has 0 atom stereocenters. The standard InChI is InChI=1S/C11H19NO4S/c1-16-8-11(4-3-5-11)10(13)12-6-9(7-12)17(2,14)15/h9H,3-8H2,1-2H3. The molecule has 1 saturated heterocycles. The number of carbonyl (C=O) groups is 1. The molecule has 2 fully saturated rings. The molecule has 1 saturated carbocycles. The van der Waals surface area contributed by atoms with E-state index in [1.807, 2.05) is 0 Å². The van der Waals surface area contributed by atoms with Gasteiger partial charge in [0, 0.05) is 26.5 Å². The maximum absolute atomic E-state index is 12.2. The van der Waals surface area contributed by atoms with Crippen LogP contribution in [0.2, 0.25) is 0 Å². The monoisotopic (exact) mass is 261 g/mol. The van der Waals surface area contributed by atoms with Crippen molar-refractivity contribution in [3.63, 3.8) is 0 Å². The first-order chi connectivity index (χ1) is 7.89. The van der Waals surface area contributed by atoms with E-state index in [0.29, 0.717) is 19.7 Å². The third kappa shape index (κ3) is 2.20. The third-order valence-electron chi connectivity index (χ3n) is 3.93. The molecular weight excluding hydrogens is 242 g/mol. The van der Waals surface area contributed by atoms with Crippen molar-refractivity contribution in [3.05, 3.63) is 0 Å². The van der Waals surface area contributed by atoms with Gasteiger partial charge in [0.25, 0.3) is 0 Å².